The molecule has 0 radical (unpaired) electrons. The van der Waals surface area contributed by atoms with Gasteiger partial charge in [-0.15, -0.1) is 5.10 Å². The summed E-state index contributed by atoms with van der Waals surface area (Å²) in [6, 6.07) is 4.98. The third-order valence-corrected chi connectivity index (χ3v) is 3.41. The number of rotatable bonds is 4. The SMILES string of the molecule is Cn1cc(COc2ccc(N3CCNCC3)c(F)c2)nn1. The number of piperazine rings is 1. The molecule has 7 heteroatoms. The highest BCUT2D eigenvalue weighted by Crippen LogP contribution is 2.24. The Morgan fingerprint density at radius 3 is 2.81 bits per heavy atom. The minimum atomic E-state index is -0.256. The number of halogens is 1. The number of aryl methyl sites for hydroxylation is 1. The van der Waals surface area contributed by atoms with Gasteiger partial charge in [0.15, 0.2) is 0 Å². The first kappa shape index (κ1) is 13.8. The van der Waals surface area contributed by atoms with Crippen LogP contribution in [-0.2, 0) is 13.7 Å². The Kier molecular flexibility index (Phi) is 4.01. The average Bonchev–Trinajstić information content (AvgIpc) is 2.92. The van der Waals surface area contributed by atoms with Gasteiger partial charge in [-0.2, -0.15) is 0 Å². The van der Waals surface area contributed by atoms with Crippen molar-refractivity contribution in [2.45, 2.75) is 6.61 Å². The van der Waals surface area contributed by atoms with Crippen LogP contribution in [0.4, 0.5) is 10.1 Å². The molecule has 1 aliphatic heterocycles. The highest BCUT2D eigenvalue weighted by atomic mass is 19.1. The Balaban J connectivity index is 1.65. The van der Waals surface area contributed by atoms with Crippen molar-refractivity contribution < 1.29 is 9.13 Å². The maximum Gasteiger partial charge on any atom is 0.150 e. The van der Waals surface area contributed by atoms with E-state index in [0.717, 1.165) is 26.2 Å². The molecule has 2 heterocycles. The summed E-state index contributed by atoms with van der Waals surface area (Å²) in [5.41, 5.74) is 1.34. The highest BCUT2D eigenvalue weighted by molar-refractivity contribution is 5.51. The molecule has 21 heavy (non-hydrogen) atoms. The molecule has 0 amide bonds. The first-order valence-electron chi connectivity index (χ1n) is 6.95. The molecule has 1 aromatic carbocycles. The molecule has 0 saturated carbocycles. The Hall–Kier alpha value is -2.15. The minimum Gasteiger partial charge on any atom is -0.487 e. The van der Waals surface area contributed by atoms with Crippen molar-refractivity contribution in [3.05, 3.63) is 35.9 Å². The largest absolute Gasteiger partial charge is 0.487 e. The smallest absolute Gasteiger partial charge is 0.150 e. The van der Waals surface area contributed by atoms with Gasteiger partial charge in [-0.25, -0.2) is 4.39 Å². The molecule has 1 fully saturated rings. The van der Waals surface area contributed by atoms with Crippen LogP contribution in [0, 0.1) is 5.82 Å². The molecule has 1 N–H and O–H groups in total. The number of aromatic nitrogens is 3. The minimum absolute atomic E-state index is 0.256. The van der Waals surface area contributed by atoms with Gasteiger partial charge >= 0.3 is 0 Å². The van der Waals surface area contributed by atoms with Crippen LogP contribution in [-0.4, -0.2) is 41.2 Å². The van der Waals surface area contributed by atoms with Gasteiger partial charge in [0.25, 0.3) is 0 Å². The molecule has 0 spiro atoms. The molecular weight excluding hydrogens is 273 g/mol. The van der Waals surface area contributed by atoms with Gasteiger partial charge in [-0.1, -0.05) is 5.21 Å². The Bertz CT molecular complexity index is 609. The molecule has 0 bridgehead atoms. The van der Waals surface area contributed by atoms with E-state index in [1.807, 2.05) is 4.90 Å². The van der Waals surface area contributed by atoms with E-state index in [1.165, 1.54) is 6.07 Å². The molecule has 1 aliphatic rings. The summed E-state index contributed by atoms with van der Waals surface area (Å²) in [5, 5.41) is 11.0. The second-order valence-electron chi connectivity index (χ2n) is 5.02. The number of benzene rings is 1. The normalized spacial score (nSPS) is 15.2. The highest BCUT2D eigenvalue weighted by Gasteiger charge is 2.15. The van der Waals surface area contributed by atoms with E-state index in [0.29, 0.717) is 17.1 Å². The van der Waals surface area contributed by atoms with Crippen molar-refractivity contribution in [1.82, 2.24) is 20.3 Å². The predicted octanol–water partition coefficient (Wildman–Crippen LogP) is 0.943. The van der Waals surface area contributed by atoms with E-state index in [2.05, 4.69) is 15.6 Å². The maximum absolute atomic E-state index is 14.2. The summed E-state index contributed by atoms with van der Waals surface area (Å²) in [6.45, 7) is 3.67. The van der Waals surface area contributed by atoms with Gasteiger partial charge in [-0.05, 0) is 12.1 Å². The fourth-order valence-electron chi connectivity index (χ4n) is 2.36. The summed E-state index contributed by atoms with van der Waals surface area (Å²) >= 11 is 0. The predicted molar refractivity (Wildman–Crippen MR) is 76.8 cm³/mol. The van der Waals surface area contributed by atoms with Gasteiger partial charge in [0.1, 0.15) is 23.9 Å². The molecule has 0 unspecified atom stereocenters. The van der Waals surface area contributed by atoms with Crippen LogP contribution in [0.1, 0.15) is 5.69 Å². The lowest BCUT2D eigenvalue weighted by molar-refractivity contribution is 0.299. The van der Waals surface area contributed by atoms with E-state index < -0.39 is 0 Å². The summed E-state index contributed by atoms with van der Waals surface area (Å²) in [4.78, 5) is 2.04. The second-order valence-corrected chi connectivity index (χ2v) is 5.02. The Labute approximate surface area is 122 Å². The summed E-state index contributed by atoms with van der Waals surface area (Å²) < 4.78 is 21.3. The molecule has 2 aromatic rings. The van der Waals surface area contributed by atoms with Gasteiger partial charge < -0.3 is 15.0 Å². The summed E-state index contributed by atoms with van der Waals surface area (Å²) in [6.07, 6.45) is 1.77. The standard InChI is InChI=1S/C14H18FN5O/c1-19-9-11(17-18-19)10-21-12-2-3-14(13(15)8-12)20-6-4-16-5-7-20/h2-3,8-9,16H,4-7,10H2,1H3. The quantitative estimate of drug-likeness (QED) is 0.908. The summed E-state index contributed by atoms with van der Waals surface area (Å²) in [5.74, 6) is 0.241. The van der Waals surface area contributed by atoms with E-state index in [-0.39, 0.29) is 12.4 Å². The number of ether oxygens (including phenoxy) is 1. The lowest BCUT2D eigenvalue weighted by atomic mass is 10.2. The van der Waals surface area contributed by atoms with Crippen LogP contribution in [0.2, 0.25) is 0 Å². The van der Waals surface area contributed by atoms with Crippen LogP contribution in [0.3, 0.4) is 0 Å². The molecule has 6 nitrogen and oxygen atoms in total. The van der Waals surface area contributed by atoms with E-state index in [9.17, 15) is 4.39 Å². The van der Waals surface area contributed by atoms with Crippen LogP contribution < -0.4 is 15.0 Å². The number of nitrogens with one attached hydrogen (secondary N) is 1. The topological polar surface area (TPSA) is 55.2 Å². The summed E-state index contributed by atoms with van der Waals surface area (Å²) in [7, 11) is 1.79. The van der Waals surface area contributed by atoms with E-state index >= 15 is 0 Å². The van der Waals surface area contributed by atoms with Crippen molar-refractivity contribution in [2.24, 2.45) is 7.05 Å². The van der Waals surface area contributed by atoms with Crippen LogP contribution in [0.15, 0.2) is 24.4 Å². The van der Waals surface area contributed by atoms with Gasteiger partial charge in [-0.3, -0.25) is 4.68 Å². The Morgan fingerprint density at radius 2 is 2.14 bits per heavy atom. The number of nitrogens with zero attached hydrogens (tertiary/aromatic N) is 4. The maximum atomic E-state index is 14.2. The molecule has 1 aromatic heterocycles. The van der Waals surface area contributed by atoms with Gasteiger partial charge in [0.05, 0.1) is 11.9 Å². The average molecular weight is 291 g/mol. The van der Waals surface area contributed by atoms with E-state index in [4.69, 9.17) is 4.74 Å². The number of hydrogen-bond acceptors (Lipinski definition) is 5. The van der Waals surface area contributed by atoms with Crippen molar-refractivity contribution in [2.75, 3.05) is 31.1 Å². The lowest BCUT2D eigenvalue weighted by Gasteiger charge is -2.29. The van der Waals surface area contributed by atoms with Crippen LogP contribution >= 0.6 is 0 Å². The lowest BCUT2D eigenvalue weighted by Crippen LogP contribution is -2.43. The van der Waals surface area contributed by atoms with Crippen molar-refractivity contribution >= 4 is 5.69 Å². The number of hydrogen-bond donors (Lipinski definition) is 1. The fourth-order valence-corrected chi connectivity index (χ4v) is 2.36. The van der Waals surface area contributed by atoms with Crippen LogP contribution in [0.25, 0.3) is 0 Å². The third kappa shape index (κ3) is 3.30. The van der Waals surface area contributed by atoms with Crippen molar-refractivity contribution in [3.63, 3.8) is 0 Å². The second kappa shape index (κ2) is 6.09. The van der Waals surface area contributed by atoms with Crippen molar-refractivity contribution in [1.29, 1.82) is 0 Å². The zero-order valence-corrected chi connectivity index (χ0v) is 11.9. The van der Waals surface area contributed by atoms with Crippen molar-refractivity contribution in [3.8, 4) is 5.75 Å². The molecule has 3 rings (SSSR count). The van der Waals surface area contributed by atoms with E-state index in [1.54, 1.807) is 30.1 Å². The first-order valence-corrected chi connectivity index (χ1v) is 6.95. The molecule has 112 valence electrons. The zero-order valence-electron chi connectivity index (χ0n) is 11.9. The van der Waals surface area contributed by atoms with Crippen LogP contribution in [0.5, 0.6) is 5.75 Å². The molecule has 1 saturated heterocycles. The fraction of sp³-hybridized carbons (Fsp3) is 0.429. The first-order chi connectivity index (χ1) is 10.2. The Morgan fingerprint density at radius 1 is 1.33 bits per heavy atom. The number of anilines is 1. The third-order valence-electron chi connectivity index (χ3n) is 3.41. The van der Waals surface area contributed by atoms with Gasteiger partial charge in [0.2, 0.25) is 0 Å². The molecular formula is C14H18FN5O. The molecule has 0 aliphatic carbocycles. The molecule has 0 atom stereocenters. The zero-order chi connectivity index (χ0) is 14.7. The van der Waals surface area contributed by atoms with Gasteiger partial charge in [0, 0.05) is 39.3 Å². The monoisotopic (exact) mass is 291 g/mol.